The molecule has 1 aromatic rings. The Morgan fingerprint density at radius 1 is 1.33 bits per heavy atom. The summed E-state index contributed by atoms with van der Waals surface area (Å²) in [6.45, 7) is 7.00. The van der Waals surface area contributed by atoms with Gasteiger partial charge in [-0.15, -0.1) is 11.8 Å². The summed E-state index contributed by atoms with van der Waals surface area (Å²) >= 11 is 1.72. The summed E-state index contributed by atoms with van der Waals surface area (Å²) in [7, 11) is 3.91. The molecule has 1 aliphatic rings. The van der Waals surface area contributed by atoms with Crippen LogP contribution in [0.3, 0.4) is 0 Å². The van der Waals surface area contributed by atoms with Crippen molar-refractivity contribution in [2.45, 2.75) is 11.4 Å². The summed E-state index contributed by atoms with van der Waals surface area (Å²) in [5.74, 6) is 0.974. The monoisotopic (exact) mass is 310 g/mol. The molecule has 5 heteroatoms. The number of methoxy groups -OCH3 is 1. The molecule has 0 saturated carbocycles. The maximum absolute atomic E-state index is 5.45. The molecule has 0 N–H and O–H groups in total. The number of ether oxygens (including phenoxy) is 2. The van der Waals surface area contributed by atoms with E-state index < -0.39 is 0 Å². The van der Waals surface area contributed by atoms with Gasteiger partial charge in [0.1, 0.15) is 5.75 Å². The molecule has 21 heavy (non-hydrogen) atoms. The largest absolute Gasteiger partial charge is 0.496 e. The predicted molar refractivity (Wildman–Crippen MR) is 88.4 cm³/mol. The van der Waals surface area contributed by atoms with Crippen LogP contribution in [-0.4, -0.2) is 69.6 Å². The second-order valence-electron chi connectivity index (χ2n) is 5.38. The first-order valence-electron chi connectivity index (χ1n) is 7.42. The molecule has 2 rings (SSSR count). The number of hydrogen-bond donors (Lipinski definition) is 0. The van der Waals surface area contributed by atoms with Gasteiger partial charge >= 0.3 is 0 Å². The van der Waals surface area contributed by atoms with Gasteiger partial charge in [-0.1, -0.05) is 6.07 Å². The van der Waals surface area contributed by atoms with Crippen LogP contribution in [0.4, 0.5) is 0 Å². The zero-order valence-electron chi connectivity index (χ0n) is 13.3. The van der Waals surface area contributed by atoms with Crippen molar-refractivity contribution in [2.75, 3.05) is 59.8 Å². The standard InChI is InChI=1S/C16H26N2O2S/c1-17(6-7-18-8-10-20-11-9-18)13-14-4-5-16(21-3)15(12-14)19-2/h4-5,12H,6-11,13H2,1-3H3. The third-order valence-corrected chi connectivity index (χ3v) is 4.58. The minimum atomic E-state index is 0.872. The van der Waals surface area contributed by atoms with Crippen molar-refractivity contribution < 1.29 is 9.47 Å². The Morgan fingerprint density at radius 2 is 2.10 bits per heavy atom. The maximum atomic E-state index is 5.45. The van der Waals surface area contributed by atoms with Crippen molar-refractivity contribution >= 4 is 11.8 Å². The van der Waals surface area contributed by atoms with E-state index in [2.05, 4.69) is 41.3 Å². The van der Waals surface area contributed by atoms with Gasteiger partial charge in [-0.25, -0.2) is 0 Å². The molecular weight excluding hydrogens is 284 g/mol. The van der Waals surface area contributed by atoms with Crippen molar-refractivity contribution in [3.63, 3.8) is 0 Å². The summed E-state index contributed by atoms with van der Waals surface area (Å²) in [5, 5.41) is 0. The van der Waals surface area contributed by atoms with Crippen molar-refractivity contribution in [1.29, 1.82) is 0 Å². The lowest BCUT2D eigenvalue weighted by atomic mass is 10.2. The lowest BCUT2D eigenvalue weighted by molar-refractivity contribution is 0.0342. The van der Waals surface area contributed by atoms with E-state index in [0.717, 1.165) is 51.7 Å². The third kappa shape index (κ3) is 5.18. The normalized spacial score (nSPS) is 16.4. The molecule has 118 valence electrons. The van der Waals surface area contributed by atoms with Gasteiger partial charge in [0, 0.05) is 37.6 Å². The molecule has 0 unspecified atom stereocenters. The maximum Gasteiger partial charge on any atom is 0.132 e. The van der Waals surface area contributed by atoms with E-state index in [1.54, 1.807) is 18.9 Å². The molecule has 0 amide bonds. The molecular formula is C16H26N2O2S. The Hall–Kier alpha value is -0.750. The fourth-order valence-corrected chi connectivity index (χ4v) is 3.05. The number of benzene rings is 1. The van der Waals surface area contributed by atoms with E-state index in [9.17, 15) is 0 Å². The van der Waals surface area contributed by atoms with Crippen LogP contribution < -0.4 is 4.74 Å². The van der Waals surface area contributed by atoms with Gasteiger partial charge < -0.3 is 14.4 Å². The number of morpholine rings is 1. The summed E-state index contributed by atoms with van der Waals surface area (Å²) < 4.78 is 10.8. The minimum absolute atomic E-state index is 0.872. The Kier molecular flexibility index (Phi) is 6.83. The first-order chi connectivity index (χ1) is 10.2. The summed E-state index contributed by atoms with van der Waals surface area (Å²) in [6, 6.07) is 6.49. The van der Waals surface area contributed by atoms with Crippen molar-refractivity contribution in [1.82, 2.24) is 9.80 Å². The molecule has 0 aromatic heterocycles. The quantitative estimate of drug-likeness (QED) is 0.719. The van der Waals surface area contributed by atoms with Gasteiger partial charge in [-0.3, -0.25) is 4.90 Å². The molecule has 0 radical (unpaired) electrons. The fraction of sp³-hybridized carbons (Fsp3) is 0.625. The van der Waals surface area contributed by atoms with Crippen LogP contribution in [0.5, 0.6) is 5.75 Å². The molecule has 1 aromatic carbocycles. The molecule has 1 saturated heterocycles. The highest BCUT2D eigenvalue weighted by Gasteiger charge is 2.11. The van der Waals surface area contributed by atoms with Crippen molar-refractivity contribution in [3.8, 4) is 5.75 Å². The Balaban J connectivity index is 1.82. The number of rotatable bonds is 7. The van der Waals surface area contributed by atoms with Crippen LogP contribution in [0.25, 0.3) is 0 Å². The second-order valence-corrected chi connectivity index (χ2v) is 6.23. The number of thioether (sulfide) groups is 1. The molecule has 1 heterocycles. The SMILES string of the molecule is COc1cc(CN(C)CCN2CCOCC2)ccc1SC. The van der Waals surface area contributed by atoms with Gasteiger partial charge in [-0.05, 0) is 31.0 Å². The second kappa shape index (κ2) is 8.63. The molecule has 0 atom stereocenters. The number of nitrogens with zero attached hydrogens (tertiary/aromatic N) is 2. The lowest BCUT2D eigenvalue weighted by Gasteiger charge is -2.28. The zero-order chi connectivity index (χ0) is 15.1. The Bertz CT molecular complexity index is 436. The van der Waals surface area contributed by atoms with Gasteiger partial charge in [0.15, 0.2) is 0 Å². The number of hydrogen-bond acceptors (Lipinski definition) is 5. The van der Waals surface area contributed by atoms with Crippen LogP contribution in [0.2, 0.25) is 0 Å². The average Bonchev–Trinajstić information content (AvgIpc) is 2.53. The smallest absolute Gasteiger partial charge is 0.132 e. The van der Waals surface area contributed by atoms with E-state index in [1.807, 2.05) is 0 Å². The van der Waals surface area contributed by atoms with E-state index in [4.69, 9.17) is 9.47 Å². The molecule has 0 bridgehead atoms. The molecule has 4 nitrogen and oxygen atoms in total. The molecule has 0 aliphatic carbocycles. The van der Waals surface area contributed by atoms with E-state index in [-0.39, 0.29) is 0 Å². The third-order valence-electron chi connectivity index (χ3n) is 3.80. The van der Waals surface area contributed by atoms with Crippen LogP contribution in [-0.2, 0) is 11.3 Å². The van der Waals surface area contributed by atoms with E-state index in [1.165, 1.54) is 10.5 Å². The number of likely N-dealkylation sites (N-methyl/N-ethyl adjacent to an activating group) is 1. The van der Waals surface area contributed by atoms with Crippen LogP contribution >= 0.6 is 11.8 Å². The average molecular weight is 310 g/mol. The highest BCUT2D eigenvalue weighted by atomic mass is 32.2. The van der Waals surface area contributed by atoms with Crippen molar-refractivity contribution in [2.24, 2.45) is 0 Å². The first-order valence-corrected chi connectivity index (χ1v) is 8.65. The fourth-order valence-electron chi connectivity index (χ4n) is 2.51. The van der Waals surface area contributed by atoms with Crippen LogP contribution in [0.1, 0.15) is 5.56 Å². The van der Waals surface area contributed by atoms with Gasteiger partial charge in [-0.2, -0.15) is 0 Å². The molecule has 0 spiro atoms. The van der Waals surface area contributed by atoms with Gasteiger partial charge in [0.25, 0.3) is 0 Å². The molecule has 1 aliphatic heterocycles. The first kappa shape index (κ1) is 16.6. The molecule has 1 fully saturated rings. The summed E-state index contributed by atoms with van der Waals surface area (Å²) in [5.41, 5.74) is 1.30. The lowest BCUT2D eigenvalue weighted by Crippen LogP contribution is -2.40. The van der Waals surface area contributed by atoms with E-state index >= 15 is 0 Å². The van der Waals surface area contributed by atoms with Crippen LogP contribution in [0, 0.1) is 0 Å². The summed E-state index contributed by atoms with van der Waals surface area (Å²) in [4.78, 5) is 6.03. The highest BCUT2D eigenvalue weighted by molar-refractivity contribution is 7.98. The zero-order valence-corrected chi connectivity index (χ0v) is 14.1. The van der Waals surface area contributed by atoms with Gasteiger partial charge in [0.2, 0.25) is 0 Å². The predicted octanol–water partition coefficient (Wildman–Crippen LogP) is 2.18. The Morgan fingerprint density at radius 3 is 2.76 bits per heavy atom. The highest BCUT2D eigenvalue weighted by Crippen LogP contribution is 2.28. The van der Waals surface area contributed by atoms with Crippen molar-refractivity contribution in [3.05, 3.63) is 23.8 Å². The minimum Gasteiger partial charge on any atom is -0.496 e. The van der Waals surface area contributed by atoms with E-state index in [0.29, 0.717) is 0 Å². The summed E-state index contributed by atoms with van der Waals surface area (Å²) in [6.07, 6.45) is 2.08. The topological polar surface area (TPSA) is 24.9 Å². The van der Waals surface area contributed by atoms with Crippen LogP contribution in [0.15, 0.2) is 23.1 Å². The van der Waals surface area contributed by atoms with Gasteiger partial charge in [0.05, 0.1) is 20.3 Å². The Labute approximate surface area is 132 Å².